The van der Waals surface area contributed by atoms with Gasteiger partial charge in [0.05, 0.1) is 16.6 Å². The van der Waals surface area contributed by atoms with Crippen molar-refractivity contribution in [3.8, 4) is 5.69 Å². The van der Waals surface area contributed by atoms with Crippen LogP contribution in [0.3, 0.4) is 0 Å². The number of nitrogens with one attached hydrogen (secondary N) is 1. The third kappa shape index (κ3) is 4.01. The predicted molar refractivity (Wildman–Crippen MR) is 98.9 cm³/mol. The van der Waals surface area contributed by atoms with Gasteiger partial charge in [-0.1, -0.05) is 29.5 Å². The number of aryl methyl sites for hydroxylation is 2. The minimum atomic E-state index is -1.64. The Kier molecular flexibility index (Phi) is 5.68. The second-order valence-corrected chi connectivity index (χ2v) is 7.44. The number of carbonyl (C=O) groups excluding carboxylic acids is 1. The third-order valence-corrected chi connectivity index (χ3v) is 5.00. The molecule has 0 saturated heterocycles. The number of nitrogens with zero attached hydrogens (tertiary/aromatic N) is 4. The summed E-state index contributed by atoms with van der Waals surface area (Å²) in [6.45, 7) is 5.45. The number of carbonyl (C=O) groups is 1. The third-order valence-electron chi connectivity index (χ3n) is 3.97. The number of tetrazole rings is 1. The summed E-state index contributed by atoms with van der Waals surface area (Å²) in [5.41, 5.74) is 2.36. The van der Waals surface area contributed by atoms with Gasteiger partial charge in [-0.15, -0.1) is 5.10 Å². The van der Waals surface area contributed by atoms with E-state index in [1.807, 2.05) is 32.0 Å². The zero-order valence-corrected chi connectivity index (χ0v) is 16.0. The quantitative estimate of drug-likeness (QED) is 0.514. The zero-order valence-electron chi connectivity index (χ0n) is 15.2. The van der Waals surface area contributed by atoms with Crippen molar-refractivity contribution in [1.82, 2.24) is 20.2 Å². The molecule has 0 unspecified atom stereocenters. The van der Waals surface area contributed by atoms with Crippen LogP contribution >= 0.6 is 11.8 Å². The molecule has 0 aliphatic carbocycles. The van der Waals surface area contributed by atoms with Crippen LogP contribution in [0.4, 0.5) is 18.9 Å². The van der Waals surface area contributed by atoms with Crippen molar-refractivity contribution in [2.45, 2.75) is 31.2 Å². The fourth-order valence-corrected chi connectivity index (χ4v) is 3.32. The molecule has 6 nitrogen and oxygen atoms in total. The van der Waals surface area contributed by atoms with E-state index < -0.39 is 34.3 Å². The van der Waals surface area contributed by atoms with Crippen molar-refractivity contribution in [2.24, 2.45) is 0 Å². The Morgan fingerprint density at radius 2 is 1.89 bits per heavy atom. The Labute approximate surface area is 163 Å². The number of hydrogen-bond donors (Lipinski definition) is 1. The molecule has 146 valence electrons. The number of benzene rings is 2. The molecule has 1 atom stereocenters. The van der Waals surface area contributed by atoms with Gasteiger partial charge in [0, 0.05) is 0 Å². The largest absolute Gasteiger partial charge is 0.323 e. The van der Waals surface area contributed by atoms with E-state index in [0.717, 1.165) is 40.7 Å². The fourth-order valence-electron chi connectivity index (χ4n) is 2.52. The van der Waals surface area contributed by atoms with Crippen LogP contribution in [0.5, 0.6) is 0 Å². The summed E-state index contributed by atoms with van der Waals surface area (Å²) >= 11 is 1.05. The normalized spacial score (nSPS) is 12.1. The summed E-state index contributed by atoms with van der Waals surface area (Å²) in [5, 5.41) is 13.4. The Bertz CT molecular complexity index is 1040. The van der Waals surface area contributed by atoms with E-state index >= 15 is 0 Å². The molecule has 0 saturated carbocycles. The van der Waals surface area contributed by atoms with Crippen molar-refractivity contribution < 1.29 is 18.0 Å². The van der Waals surface area contributed by atoms with Gasteiger partial charge in [0.15, 0.2) is 17.5 Å². The molecule has 1 heterocycles. The lowest BCUT2D eigenvalue weighted by atomic mass is 10.1. The first-order valence-corrected chi connectivity index (χ1v) is 9.13. The van der Waals surface area contributed by atoms with E-state index in [9.17, 15) is 18.0 Å². The average molecular weight is 407 g/mol. The van der Waals surface area contributed by atoms with E-state index in [4.69, 9.17) is 0 Å². The van der Waals surface area contributed by atoms with Gasteiger partial charge in [0.25, 0.3) is 0 Å². The van der Waals surface area contributed by atoms with Gasteiger partial charge in [-0.05, 0) is 55.0 Å². The minimum Gasteiger partial charge on any atom is -0.323 e. The highest BCUT2D eigenvalue weighted by Gasteiger charge is 2.22. The highest BCUT2D eigenvalue weighted by atomic mass is 32.2. The van der Waals surface area contributed by atoms with Crippen molar-refractivity contribution in [1.29, 1.82) is 0 Å². The SMILES string of the molecule is Cc1ccc(-n2nnnc2S[C@H](C)C(=O)Nc2ccc(F)c(F)c2F)c(C)c1. The molecule has 0 spiro atoms. The number of thioether (sulfide) groups is 1. The lowest BCUT2D eigenvalue weighted by molar-refractivity contribution is -0.115. The minimum absolute atomic E-state index is 0.361. The average Bonchev–Trinajstić information content (AvgIpc) is 3.10. The van der Waals surface area contributed by atoms with Crippen LogP contribution in [-0.4, -0.2) is 31.4 Å². The highest BCUT2D eigenvalue weighted by Crippen LogP contribution is 2.26. The molecule has 0 aliphatic rings. The Balaban J connectivity index is 1.77. The van der Waals surface area contributed by atoms with Crippen LogP contribution in [0.25, 0.3) is 5.69 Å². The van der Waals surface area contributed by atoms with Gasteiger partial charge < -0.3 is 5.32 Å². The first-order valence-electron chi connectivity index (χ1n) is 8.25. The number of amides is 1. The maximum Gasteiger partial charge on any atom is 0.237 e. The summed E-state index contributed by atoms with van der Waals surface area (Å²) in [5.74, 6) is -5.03. The molecule has 3 rings (SSSR count). The van der Waals surface area contributed by atoms with Gasteiger partial charge in [-0.25, -0.2) is 13.2 Å². The highest BCUT2D eigenvalue weighted by molar-refractivity contribution is 8.00. The monoisotopic (exact) mass is 407 g/mol. The van der Waals surface area contributed by atoms with Gasteiger partial charge >= 0.3 is 0 Å². The van der Waals surface area contributed by atoms with Crippen LogP contribution in [0.15, 0.2) is 35.5 Å². The molecule has 10 heteroatoms. The predicted octanol–water partition coefficient (Wildman–Crippen LogP) is 3.82. The van der Waals surface area contributed by atoms with E-state index in [1.165, 1.54) is 4.68 Å². The Hall–Kier alpha value is -2.88. The summed E-state index contributed by atoms with van der Waals surface area (Å²) in [7, 11) is 0. The Morgan fingerprint density at radius 1 is 1.14 bits per heavy atom. The van der Waals surface area contributed by atoms with Gasteiger partial charge in [0.2, 0.25) is 11.1 Å². The fraction of sp³-hybridized carbons (Fsp3) is 0.222. The van der Waals surface area contributed by atoms with E-state index in [-0.39, 0.29) is 0 Å². The summed E-state index contributed by atoms with van der Waals surface area (Å²) in [6, 6.07) is 7.47. The Morgan fingerprint density at radius 3 is 2.61 bits per heavy atom. The van der Waals surface area contributed by atoms with Gasteiger partial charge in [-0.2, -0.15) is 4.68 Å². The van der Waals surface area contributed by atoms with Crippen LogP contribution < -0.4 is 5.32 Å². The standard InChI is InChI=1S/C18H16F3N5OS/c1-9-4-7-14(10(2)8-9)26-18(23-24-25-26)28-11(3)17(27)22-13-6-5-12(19)15(20)16(13)21/h4-8,11H,1-3H3,(H,22,27)/t11-/m1/s1. The van der Waals surface area contributed by atoms with Crippen LogP contribution in [0, 0.1) is 31.3 Å². The summed E-state index contributed by atoms with van der Waals surface area (Å²) in [6.07, 6.45) is 0. The van der Waals surface area contributed by atoms with E-state index in [1.54, 1.807) is 6.92 Å². The molecule has 0 fully saturated rings. The first kappa shape index (κ1) is 19.9. The molecule has 3 aromatic rings. The zero-order chi connectivity index (χ0) is 20.4. The molecular formula is C18H16F3N5OS. The van der Waals surface area contributed by atoms with E-state index in [0.29, 0.717) is 5.16 Å². The molecule has 2 aromatic carbocycles. The lowest BCUT2D eigenvalue weighted by Crippen LogP contribution is -2.24. The molecule has 0 bridgehead atoms. The molecule has 0 aliphatic heterocycles. The smallest absolute Gasteiger partial charge is 0.237 e. The molecule has 0 radical (unpaired) electrons. The van der Waals surface area contributed by atoms with Crippen molar-refractivity contribution >= 4 is 23.4 Å². The maximum atomic E-state index is 13.8. The molecule has 28 heavy (non-hydrogen) atoms. The summed E-state index contributed by atoms with van der Waals surface area (Å²) in [4.78, 5) is 12.4. The maximum absolute atomic E-state index is 13.8. The topological polar surface area (TPSA) is 72.7 Å². The first-order chi connectivity index (χ1) is 13.3. The number of anilines is 1. The van der Waals surface area contributed by atoms with Crippen molar-refractivity contribution in [2.75, 3.05) is 5.32 Å². The number of hydrogen-bond acceptors (Lipinski definition) is 5. The number of rotatable bonds is 5. The van der Waals surface area contributed by atoms with Crippen molar-refractivity contribution in [3.63, 3.8) is 0 Å². The number of halogens is 3. The van der Waals surface area contributed by atoms with Crippen LogP contribution in [-0.2, 0) is 4.79 Å². The van der Waals surface area contributed by atoms with Gasteiger partial charge in [-0.3, -0.25) is 4.79 Å². The second kappa shape index (κ2) is 8.01. The molecule has 1 aromatic heterocycles. The second-order valence-electron chi connectivity index (χ2n) is 6.14. The van der Waals surface area contributed by atoms with Gasteiger partial charge in [0.1, 0.15) is 0 Å². The van der Waals surface area contributed by atoms with Crippen molar-refractivity contribution in [3.05, 3.63) is 58.9 Å². The van der Waals surface area contributed by atoms with Crippen LogP contribution in [0.2, 0.25) is 0 Å². The molecular weight excluding hydrogens is 391 g/mol. The molecule has 1 amide bonds. The van der Waals surface area contributed by atoms with E-state index in [2.05, 4.69) is 20.8 Å². The molecule has 1 N–H and O–H groups in total. The number of aromatic nitrogens is 4. The lowest BCUT2D eigenvalue weighted by Gasteiger charge is -2.13. The summed E-state index contributed by atoms with van der Waals surface area (Å²) < 4.78 is 41.6. The van der Waals surface area contributed by atoms with Crippen LogP contribution in [0.1, 0.15) is 18.1 Å².